The van der Waals surface area contributed by atoms with Crippen LogP contribution in [0.15, 0.2) is 6.07 Å². The lowest BCUT2D eigenvalue weighted by Gasteiger charge is -2.07. The van der Waals surface area contributed by atoms with Gasteiger partial charge < -0.3 is 16.4 Å². The minimum atomic E-state index is 0.137. The van der Waals surface area contributed by atoms with Gasteiger partial charge in [-0.05, 0) is 26.2 Å². The van der Waals surface area contributed by atoms with Gasteiger partial charge in [0.15, 0.2) is 0 Å². The summed E-state index contributed by atoms with van der Waals surface area (Å²) in [6.45, 7) is 2.50. The first-order valence-corrected chi connectivity index (χ1v) is 6.28. The molecule has 0 unspecified atom stereocenters. The van der Waals surface area contributed by atoms with Crippen molar-refractivity contribution in [1.82, 2.24) is 15.3 Å². The summed E-state index contributed by atoms with van der Waals surface area (Å²) in [4.78, 5) is 19.6. The fourth-order valence-electron chi connectivity index (χ4n) is 1.67. The molecule has 4 N–H and O–H groups in total. The molecule has 1 aromatic rings. The Balaban J connectivity index is 1.66. The third-order valence-electron chi connectivity index (χ3n) is 2.69. The van der Waals surface area contributed by atoms with Crippen molar-refractivity contribution in [3.8, 4) is 0 Å². The number of aryl methyl sites for hydroxylation is 1. The first kappa shape index (κ1) is 12.6. The third kappa shape index (κ3) is 4.20. The van der Waals surface area contributed by atoms with E-state index in [-0.39, 0.29) is 5.91 Å². The quantitative estimate of drug-likeness (QED) is 0.650. The minimum Gasteiger partial charge on any atom is -0.384 e. The number of aromatic nitrogens is 2. The number of rotatable bonds is 6. The molecule has 1 aliphatic rings. The molecular formula is C12H19N5O. The highest BCUT2D eigenvalue weighted by Crippen LogP contribution is 2.18. The van der Waals surface area contributed by atoms with Crippen LogP contribution in [0.1, 0.15) is 31.5 Å². The Labute approximate surface area is 106 Å². The molecule has 0 atom stereocenters. The first-order chi connectivity index (χ1) is 8.63. The Bertz CT molecular complexity index is 410. The zero-order chi connectivity index (χ0) is 13.0. The Morgan fingerprint density at radius 3 is 2.94 bits per heavy atom. The van der Waals surface area contributed by atoms with E-state index in [0.29, 0.717) is 36.5 Å². The second-order valence-corrected chi connectivity index (χ2v) is 4.60. The van der Waals surface area contributed by atoms with Crippen molar-refractivity contribution in [2.75, 3.05) is 17.6 Å². The molecule has 0 radical (unpaired) electrons. The Morgan fingerprint density at radius 2 is 2.28 bits per heavy atom. The van der Waals surface area contributed by atoms with Crippen LogP contribution >= 0.6 is 0 Å². The third-order valence-corrected chi connectivity index (χ3v) is 2.69. The summed E-state index contributed by atoms with van der Waals surface area (Å²) in [5, 5.41) is 6.10. The lowest BCUT2D eigenvalue weighted by molar-refractivity contribution is -0.121. The number of hydrogen-bond donors (Lipinski definition) is 3. The average molecular weight is 249 g/mol. The molecular weight excluding hydrogens is 230 g/mol. The van der Waals surface area contributed by atoms with Crippen molar-refractivity contribution in [2.45, 2.75) is 38.6 Å². The van der Waals surface area contributed by atoms with E-state index in [0.717, 1.165) is 19.3 Å². The molecule has 1 saturated carbocycles. The van der Waals surface area contributed by atoms with Crippen LogP contribution in [0.5, 0.6) is 0 Å². The first-order valence-electron chi connectivity index (χ1n) is 6.28. The second-order valence-electron chi connectivity index (χ2n) is 4.60. The highest BCUT2D eigenvalue weighted by Gasteiger charge is 2.22. The molecule has 6 nitrogen and oxygen atoms in total. The molecule has 1 fully saturated rings. The number of nitrogens with zero attached hydrogens (tertiary/aromatic N) is 2. The summed E-state index contributed by atoms with van der Waals surface area (Å²) in [5.41, 5.74) is 5.62. The van der Waals surface area contributed by atoms with Gasteiger partial charge in [-0.15, -0.1) is 0 Å². The van der Waals surface area contributed by atoms with E-state index in [1.165, 1.54) is 0 Å². The van der Waals surface area contributed by atoms with E-state index in [1.54, 1.807) is 13.0 Å². The second kappa shape index (κ2) is 5.66. The summed E-state index contributed by atoms with van der Waals surface area (Å²) in [5.74, 6) is 1.95. The molecule has 1 amide bonds. The van der Waals surface area contributed by atoms with Crippen LogP contribution in [-0.2, 0) is 4.79 Å². The highest BCUT2D eigenvalue weighted by molar-refractivity contribution is 5.76. The number of hydrogen-bond acceptors (Lipinski definition) is 5. The van der Waals surface area contributed by atoms with E-state index in [9.17, 15) is 4.79 Å². The highest BCUT2D eigenvalue weighted by atomic mass is 16.1. The minimum absolute atomic E-state index is 0.137. The maximum atomic E-state index is 11.4. The summed E-state index contributed by atoms with van der Waals surface area (Å²) >= 11 is 0. The van der Waals surface area contributed by atoms with Gasteiger partial charge in [0, 0.05) is 25.1 Å². The zero-order valence-corrected chi connectivity index (χ0v) is 10.6. The van der Waals surface area contributed by atoms with Gasteiger partial charge in [-0.3, -0.25) is 4.79 Å². The van der Waals surface area contributed by atoms with Crippen molar-refractivity contribution in [3.05, 3.63) is 11.9 Å². The number of carbonyl (C=O) groups excluding carboxylic acids is 1. The standard InChI is InChI=1S/C12H19N5O/c1-8-15-10(13)7-11(16-8)14-6-2-3-12(18)17-9-4-5-9/h7,9H,2-6H2,1H3,(H,17,18)(H3,13,14,15,16). The van der Waals surface area contributed by atoms with Crippen LogP contribution in [0.4, 0.5) is 11.6 Å². The van der Waals surface area contributed by atoms with E-state index < -0.39 is 0 Å². The van der Waals surface area contributed by atoms with E-state index in [2.05, 4.69) is 20.6 Å². The molecule has 0 spiro atoms. The average Bonchev–Trinajstić information content (AvgIpc) is 3.07. The molecule has 0 aromatic carbocycles. The Kier molecular flexibility index (Phi) is 3.96. The number of nitrogens with one attached hydrogen (secondary N) is 2. The molecule has 0 bridgehead atoms. The molecule has 1 heterocycles. The van der Waals surface area contributed by atoms with E-state index >= 15 is 0 Å². The van der Waals surface area contributed by atoms with Crippen molar-refractivity contribution >= 4 is 17.5 Å². The van der Waals surface area contributed by atoms with Crippen molar-refractivity contribution in [2.24, 2.45) is 0 Å². The zero-order valence-electron chi connectivity index (χ0n) is 10.6. The maximum absolute atomic E-state index is 11.4. The predicted molar refractivity (Wildman–Crippen MR) is 70.1 cm³/mol. The molecule has 6 heteroatoms. The molecule has 0 saturated heterocycles. The van der Waals surface area contributed by atoms with Crippen LogP contribution in [0, 0.1) is 6.92 Å². The van der Waals surface area contributed by atoms with Crippen LogP contribution in [0.25, 0.3) is 0 Å². The van der Waals surface area contributed by atoms with Gasteiger partial charge in [-0.25, -0.2) is 9.97 Å². The number of carbonyl (C=O) groups is 1. The monoisotopic (exact) mass is 249 g/mol. The van der Waals surface area contributed by atoms with E-state index in [4.69, 9.17) is 5.73 Å². The van der Waals surface area contributed by atoms with Gasteiger partial charge in [0.2, 0.25) is 5.91 Å². The lowest BCUT2D eigenvalue weighted by atomic mass is 10.3. The largest absolute Gasteiger partial charge is 0.384 e. The van der Waals surface area contributed by atoms with Crippen LogP contribution in [-0.4, -0.2) is 28.5 Å². The summed E-state index contributed by atoms with van der Waals surface area (Å²) in [6, 6.07) is 2.13. The number of anilines is 2. The Hall–Kier alpha value is -1.85. The van der Waals surface area contributed by atoms with Crippen molar-refractivity contribution in [3.63, 3.8) is 0 Å². The predicted octanol–water partition coefficient (Wildman–Crippen LogP) is 0.838. The summed E-state index contributed by atoms with van der Waals surface area (Å²) < 4.78 is 0. The van der Waals surface area contributed by atoms with Gasteiger partial charge in [-0.2, -0.15) is 0 Å². The molecule has 1 aromatic heterocycles. The van der Waals surface area contributed by atoms with Crippen LogP contribution in [0.2, 0.25) is 0 Å². The lowest BCUT2D eigenvalue weighted by Crippen LogP contribution is -2.25. The van der Waals surface area contributed by atoms with Gasteiger partial charge >= 0.3 is 0 Å². The van der Waals surface area contributed by atoms with Crippen LogP contribution in [0.3, 0.4) is 0 Å². The molecule has 98 valence electrons. The smallest absolute Gasteiger partial charge is 0.220 e. The van der Waals surface area contributed by atoms with Crippen molar-refractivity contribution < 1.29 is 4.79 Å². The number of nitrogen functional groups attached to an aromatic ring is 1. The van der Waals surface area contributed by atoms with Gasteiger partial charge in [0.05, 0.1) is 0 Å². The van der Waals surface area contributed by atoms with Gasteiger partial charge in [0.25, 0.3) is 0 Å². The maximum Gasteiger partial charge on any atom is 0.220 e. The fraction of sp³-hybridized carbons (Fsp3) is 0.583. The normalized spacial score (nSPS) is 14.3. The van der Waals surface area contributed by atoms with Crippen LogP contribution < -0.4 is 16.4 Å². The molecule has 1 aliphatic carbocycles. The molecule has 18 heavy (non-hydrogen) atoms. The number of amides is 1. The fourth-order valence-corrected chi connectivity index (χ4v) is 1.67. The Morgan fingerprint density at radius 1 is 1.50 bits per heavy atom. The van der Waals surface area contributed by atoms with Gasteiger partial charge in [0.1, 0.15) is 17.5 Å². The summed E-state index contributed by atoms with van der Waals surface area (Å²) in [7, 11) is 0. The molecule has 0 aliphatic heterocycles. The van der Waals surface area contributed by atoms with Crippen molar-refractivity contribution in [1.29, 1.82) is 0 Å². The topological polar surface area (TPSA) is 92.9 Å². The van der Waals surface area contributed by atoms with E-state index in [1.807, 2.05) is 0 Å². The number of nitrogens with two attached hydrogens (primary N) is 1. The summed E-state index contributed by atoms with van der Waals surface area (Å²) in [6.07, 6.45) is 3.58. The SMILES string of the molecule is Cc1nc(N)cc(NCCCC(=O)NC2CC2)n1. The molecule has 2 rings (SSSR count). The van der Waals surface area contributed by atoms with Gasteiger partial charge in [-0.1, -0.05) is 0 Å².